The molecule has 3 aromatic rings. The van der Waals surface area contributed by atoms with Crippen molar-refractivity contribution < 1.29 is 4.21 Å². The Labute approximate surface area is 161 Å². The molecule has 0 aliphatic heterocycles. The van der Waals surface area contributed by atoms with Crippen LogP contribution in [0.5, 0.6) is 0 Å². The van der Waals surface area contributed by atoms with Crippen molar-refractivity contribution in [2.24, 2.45) is 0 Å². The van der Waals surface area contributed by atoms with Crippen molar-refractivity contribution in [3.63, 3.8) is 0 Å². The van der Waals surface area contributed by atoms with Crippen molar-refractivity contribution >= 4 is 60.3 Å². The number of halogens is 1. The Kier molecular flexibility index (Phi) is 5.43. The molecule has 3 N–H and O–H groups in total. The molecule has 1 heterocycles. The fourth-order valence-corrected chi connectivity index (χ4v) is 3.10. The minimum Gasteiger partial charge on any atom is -0.339 e. The van der Waals surface area contributed by atoms with Gasteiger partial charge in [0.15, 0.2) is 0 Å². The molecular weight excluding hydrogens is 414 g/mol. The topological polar surface area (TPSA) is 78.9 Å². The summed E-state index contributed by atoms with van der Waals surface area (Å²) in [4.78, 5) is 8.77. The fraction of sp³-hybridized carbons (Fsp3) is 0.0556. The van der Waals surface area contributed by atoms with Gasteiger partial charge >= 0.3 is 0 Å². The Balaban J connectivity index is 1.75. The van der Waals surface area contributed by atoms with E-state index in [1.807, 2.05) is 54.6 Å². The van der Waals surface area contributed by atoms with Gasteiger partial charge < -0.3 is 15.4 Å². The molecule has 0 bridgehead atoms. The van der Waals surface area contributed by atoms with E-state index < -0.39 is 9.71 Å². The first-order valence-corrected chi connectivity index (χ1v) is 10.6. The first-order chi connectivity index (χ1) is 12.4. The lowest BCUT2D eigenvalue weighted by Gasteiger charge is -2.11. The third-order valence-corrected chi connectivity index (χ3v) is 4.50. The quantitative estimate of drug-likeness (QED) is 0.504. The van der Waals surface area contributed by atoms with Crippen LogP contribution in [0.1, 0.15) is 0 Å². The van der Waals surface area contributed by atoms with Crippen LogP contribution in [0.25, 0.3) is 0 Å². The van der Waals surface area contributed by atoms with Crippen molar-refractivity contribution in [2.45, 2.75) is 0 Å². The van der Waals surface area contributed by atoms with E-state index in [1.165, 1.54) is 0 Å². The molecule has 1 atom stereocenters. The molecule has 26 heavy (non-hydrogen) atoms. The summed E-state index contributed by atoms with van der Waals surface area (Å²) in [6.07, 6.45) is 3.24. The van der Waals surface area contributed by atoms with E-state index in [-0.39, 0.29) is 0 Å². The highest BCUT2D eigenvalue weighted by Gasteiger charge is 2.06. The van der Waals surface area contributed by atoms with E-state index in [1.54, 1.807) is 12.5 Å². The molecular formula is C18H18BrN5OS. The third-order valence-electron chi connectivity index (χ3n) is 3.26. The largest absolute Gasteiger partial charge is 0.339 e. The monoisotopic (exact) mass is 431 g/mol. The van der Waals surface area contributed by atoms with Gasteiger partial charge in [-0.3, -0.25) is 0 Å². The number of aromatic nitrogens is 2. The molecule has 0 spiro atoms. The lowest BCUT2D eigenvalue weighted by atomic mass is 10.3. The van der Waals surface area contributed by atoms with Crippen LogP contribution in [0.3, 0.4) is 0 Å². The molecule has 1 unspecified atom stereocenters. The average Bonchev–Trinajstić information content (AvgIpc) is 2.59. The van der Waals surface area contributed by atoms with Crippen molar-refractivity contribution in [1.29, 1.82) is 0 Å². The van der Waals surface area contributed by atoms with Gasteiger partial charge in [-0.25, -0.2) is 9.19 Å². The zero-order valence-electron chi connectivity index (χ0n) is 14.1. The third kappa shape index (κ3) is 5.21. The molecule has 8 heteroatoms. The maximum absolute atomic E-state index is 11.7. The summed E-state index contributed by atoms with van der Waals surface area (Å²) in [7, 11) is -2.30. The molecule has 6 nitrogen and oxygen atoms in total. The van der Waals surface area contributed by atoms with Crippen LogP contribution in [0.2, 0.25) is 0 Å². The maximum atomic E-state index is 11.7. The summed E-state index contributed by atoms with van der Waals surface area (Å²) < 4.78 is 15.3. The summed E-state index contributed by atoms with van der Waals surface area (Å²) >= 11 is 3.45. The summed E-state index contributed by atoms with van der Waals surface area (Å²) in [5.41, 5.74) is 2.49. The number of nitrogens with zero attached hydrogens (tertiary/aromatic N) is 2. The number of nitrogens with one attached hydrogen (secondary N) is 3. The van der Waals surface area contributed by atoms with Crippen molar-refractivity contribution in [2.75, 3.05) is 21.6 Å². The molecule has 0 saturated heterocycles. The van der Waals surface area contributed by atoms with Crippen LogP contribution in [-0.4, -0.2) is 26.3 Å². The van der Waals surface area contributed by atoms with Crippen molar-refractivity contribution in [3.8, 4) is 0 Å². The second-order valence-electron chi connectivity index (χ2n) is 5.69. The number of para-hydroxylation sites is 1. The zero-order chi connectivity index (χ0) is 18.6. The molecule has 134 valence electrons. The molecule has 0 amide bonds. The summed E-state index contributed by atoms with van der Waals surface area (Å²) in [6.45, 7) is 0. The Morgan fingerprint density at radius 1 is 0.962 bits per heavy atom. The van der Waals surface area contributed by atoms with Crippen LogP contribution in [-0.2, 0) is 9.71 Å². The van der Waals surface area contributed by atoms with Crippen LogP contribution in [0.4, 0.5) is 28.8 Å². The minimum atomic E-state index is -2.30. The number of rotatable bonds is 6. The molecule has 0 aliphatic carbocycles. The van der Waals surface area contributed by atoms with E-state index in [0.717, 1.165) is 21.5 Å². The van der Waals surface area contributed by atoms with E-state index in [4.69, 9.17) is 0 Å². The normalized spacial score (nSPS) is 12.8. The number of anilines is 5. The van der Waals surface area contributed by atoms with Gasteiger partial charge in [0.2, 0.25) is 5.95 Å². The van der Waals surface area contributed by atoms with Gasteiger partial charge in [0.05, 0.1) is 4.47 Å². The van der Waals surface area contributed by atoms with Crippen molar-refractivity contribution in [1.82, 2.24) is 9.97 Å². The highest BCUT2D eigenvalue weighted by atomic mass is 79.9. The van der Waals surface area contributed by atoms with Gasteiger partial charge in [-0.15, -0.1) is 0 Å². The number of hydrogen-bond acceptors (Lipinski definition) is 5. The van der Waals surface area contributed by atoms with Gasteiger partial charge in [-0.1, -0.05) is 18.2 Å². The second kappa shape index (κ2) is 7.76. The van der Waals surface area contributed by atoms with Crippen LogP contribution in [0, 0.1) is 0 Å². The highest BCUT2D eigenvalue weighted by molar-refractivity contribution is 9.10. The first-order valence-electron chi connectivity index (χ1n) is 7.71. The molecule has 0 aliphatic rings. The summed E-state index contributed by atoms with van der Waals surface area (Å²) in [6, 6.07) is 17.1. The van der Waals surface area contributed by atoms with E-state index >= 15 is 0 Å². The standard InChI is InChI=1S/C18H18BrN5OS/c1-26(2,25)24-15-10-8-14(9-11-15)22-18-20-12-16(19)17(23-18)21-13-6-4-3-5-7-13/h3-12H,1H2,2H3,(H,24,25)(H2,20,21,22,23). The van der Waals surface area contributed by atoms with E-state index in [0.29, 0.717) is 11.8 Å². The Bertz CT molecular complexity index is 992. The SMILES string of the molecule is C=S(C)(=O)Nc1ccc(Nc2ncc(Br)c(Nc3ccccc3)n2)cc1. The Morgan fingerprint density at radius 2 is 1.58 bits per heavy atom. The molecule has 2 aromatic carbocycles. The molecule has 1 aromatic heterocycles. The van der Waals surface area contributed by atoms with Gasteiger partial charge in [0.25, 0.3) is 0 Å². The average molecular weight is 432 g/mol. The zero-order valence-corrected chi connectivity index (χ0v) is 16.5. The van der Waals surface area contributed by atoms with Crippen LogP contribution < -0.4 is 15.4 Å². The lowest BCUT2D eigenvalue weighted by molar-refractivity contribution is 0.688. The highest BCUT2D eigenvalue weighted by Crippen LogP contribution is 2.25. The second-order valence-corrected chi connectivity index (χ2v) is 8.76. The minimum absolute atomic E-state index is 0.462. The van der Waals surface area contributed by atoms with Crippen molar-refractivity contribution in [3.05, 3.63) is 65.3 Å². The molecule has 0 saturated carbocycles. The number of benzene rings is 2. The van der Waals surface area contributed by atoms with Gasteiger partial charge in [-0.2, -0.15) is 4.98 Å². The van der Waals surface area contributed by atoms with E-state index in [9.17, 15) is 4.21 Å². The Morgan fingerprint density at radius 3 is 2.23 bits per heavy atom. The van der Waals surface area contributed by atoms with Crippen LogP contribution in [0.15, 0.2) is 65.3 Å². The molecule has 0 radical (unpaired) electrons. The lowest BCUT2D eigenvalue weighted by Crippen LogP contribution is -2.09. The van der Waals surface area contributed by atoms with E-state index in [2.05, 4.69) is 47.1 Å². The van der Waals surface area contributed by atoms with Gasteiger partial charge in [0, 0.05) is 39.2 Å². The predicted octanol–water partition coefficient (Wildman–Crippen LogP) is 4.40. The summed E-state index contributed by atoms with van der Waals surface area (Å²) in [5.74, 6) is 4.70. The Hall–Kier alpha value is -2.58. The van der Waals surface area contributed by atoms with Gasteiger partial charge in [-0.05, 0) is 58.2 Å². The molecule has 0 fully saturated rings. The maximum Gasteiger partial charge on any atom is 0.229 e. The molecule has 3 rings (SSSR count). The number of hydrogen-bond donors (Lipinski definition) is 3. The van der Waals surface area contributed by atoms with Gasteiger partial charge in [0.1, 0.15) is 5.82 Å². The predicted molar refractivity (Wildman–Crippen MR) is 114 cm³/mol. The fourth-order valence-electron chi connectivity index (χ4n) is 2.17. The first kappa shape index (κ1) is 18.2. The van der Waals surface area contributed by atoms with Crippen LogP contribution >= 0.6 is 15.9 Å². The summed E-state index contributed by atoms with van der Waals surface area (Å²) in [5, 5.41) is 6.40. The smallest absolute Gasteiger partial charge is 0.229 e.